The Morgan fingerprint density at radius 3 is 2.54 bits per heavy atom. The van der Waals surface area contributed by atoms with Crippen LogP contribution in [-0.2, 0) is 6.54 Å². The molecule has 0 saturated carbocycles. The van der Waals surface area contributed by atoms with E-state index < -0.39 is 0 Å². The van der Waals surface area contributed by atoms with Gasteiger partial charge in [-0.05, 0) is 37.7 Å². The van der Waals surface area contributed by atoms with Gasteiger partial charge in [0.1, 0.15) is 6.61 Å². The monoisotopic (exact) mass is 323 g/mol. The number of fused-ring (bicyclic) bond motifs is 1. The molecule has 0 radical (unpaired) electrons. The molecule has 0 amide bonds. The molecule has 0 fully saturated rings. The van der Waals surface area contributed by atoms with E-state index in [2.05, 4.69) is 55.3 Å². The van der Waals surface area contributed by atoms with Crippen molar-refractivity contribution < 1.29 is 4.74 Å². The summed E-state index contributed by atoms with van der Waals surface area (Å²) in [5.74, 6) is 0.728. The van der Waals surface area contributed by atoms with Gasteiger partial charge in [-0.25, -0.2) is 0 Å². The largest absolute Gasteiger partial charge is 0.475 e. The van der Waals surface area contributed by atoms with Gasteiger partial charge in [0.25, 0.3) is 0 Å². The first kappa shape index (κ1) is 16.5. The van der Waals surface area contributed by atoms with Gasteiger partial charge in [0.15, 0.2) is 0 Å². The zero-order chi connectivity index (χ0) is 16.8. The van der Waals surface area contributed by atoms with E-state index in [0.717, 1.165) is 42.8 Å². The summed E-state index contributed by atoms with van der Waals surface area (Å²) in [5.41, 5.74) is 2.35. The number of hydrogen-bond donors (Lipinski definition) is 0. The smallest absolute Gasteiger partial charge is 0.240 e. The number of para-hydroxylation sites is 1. The lowest BCUT2D eigenvalue weighted by Crippen LogP contribution is -2.25. The van der Waals surface area contributed by atoms with Crippen molar-refractivity contribution >= 4 is 10.9 Å². The van der Waals surface area contributed by atoms with Crippen molar-refractivity contribution in [3.05, 3.63) is 60.2 Å². The second-order valence-corrected chi connectivity index (χ2v) is 6.12. The predicted molar refractivity (Wildman–Crippen MR) is 98.6 cm³/mol. The number of benzene rings is 2. The Morgan fingerprint density at radius 2 is 1.75 bits per heavy atom. The van der Waals surface area contributed by atoms with Gasteiger partial charge in [-0.15, -0.1) is 5.10 Å². The second kappa shape index (κ2) is 7.97. The molecule has 4 nitrogen and oxygen atoms in total. The summed E-state index contributed by atoms with van der Waals surface area (Å²) >= 11 is 0. The van der Waals surface area contributed by atoms with Gasteiger partial charge in [-0.3, -0.25) is 4.68 Å². The van der Waals surface area contributed by atoms with Crippen LogP contribution in [0.4, 0.5) is 0 Å². The van der Waals surface area contributed by atoms with Gasteiger partial charge >= 0.3 is 0 Å². The molecular weight excluding hydrogens is 298 g/mol. The molecule has 0 unspecified atom stereocenters. The molecule has 0 bridgehead atoms. The summed E-state index contributed by atoms with van der Waals surface area (Å²) in [5, 5.41) is 5.78. The first-order valence-electron chi connectivity index (χ1n) is 8.58. The first-order valence-corrected chi connectivity index (χ1v) is 8.58. The maximum atomic E-state index is 5.98. The molecule has 3 rings (SSSR count). The fourth-order valence-corrected chi connectivity index (χ4v) is 2.87. The van der Waals surface area contributed by atoms with Crippen LogP contribution in [0.15, 0.2) is 54.6 Å². The van der Waals surface area contributed by atoms with Gasteiger partial charge in [-0.2, -0.15) is 0 Å². The zero-order valence-electron chi connectivity index (χ0n) is 14.5. The molecule has 24 heavy (non-hydrogen) atoms. The average molecular weight is 323 g/mol. The molecule has 4 heteroatoms. The van der Waals surface area contributed by atoms with Gasteiger partial charge in [0.2, 0.25) is 5.88 Å². The Bertz CT molecular complexity index is 767. The molecule has 3 aromatic rings. The highest BCUT2D eigenvalue weighted by molar-refractivity contribution is 5.84. The van der Waals surface area contributed by atoms with E-state index in [1.54, 1.807) is 0 Å². The molecule has 0 atom stereocenters. The lowest BCUT2D eigenvalue weighted by atomic mass is 10.2. The summed E-state index contributed by atoms with van der Waals surface area (Å²) in [6.07, 6.45) is 1.16. The van der Waals surface area contributed by atoms with E-state index in [9.17, 15) is 0 Å². The van der Waals surface area contributed by atoms with Gasteiger partial charge in [-0.1, -0.05) is 49.4 Å². The van der Waals surface area contributed by atoms with Crippen LogP contribution < -0.4 is 4.74 Å². The quantitative estimate of drug-likeness (QED) is 0.631. The Labute approximate surface area is 143 Å². The highest BCUT2D eigenvalue weighted by atomic mass is 16.5. The number of nitrogens with zero attached hydrogens (tertiary/aromatic N) is 3. The highest BCUT2D eigenvalue weighted by Gasteiger charge is 2.11. The molecule has 0 aliphatic rings. The third-order valence-corrected chi connectivity index (χ3v) is 4.12. The molecule has 0 aliphatic carbocycles. The summed E-state index contributed by atoms with van der Waals surface area (Å²) in [7, 11) is 2.12. The van der Waals surface area contributed by atoms with Crippen LogP contribution >= 0.6 is 0 Å². The maximum absolute atomic E-state index is 5.98. The molecule has 126 valence electrons. The maximum Gasteiger partial charge on any atom is 0.240 e. The topological polar surface area (TPSA) is 30.3 Å². The molecule has 0 saturated heterocycles. The average Bonchev–Trinajstić information content (AvgIpc) is 2.94. The van der Waals surface area contributed by atoms with Crippen LogP contribution in [0.25, 0.3) is 10.9 Å². The van der Waals surface area contributed by atoms with Crippen LogP contribution in [0.3, 0.4) is 0 Å². The third kappa shape index (κ3) is 3.95. The van der Waals surface area contributed by atoms with Gasteiger partial charge < -0.3 is 9.64 Å². The minimum atomic E-state index is 0.656. The van der Waals surface area contributed by atoms with Gasteiger partial charge in [0.05, 0.1) is 17.4 Å². The van der Waals surface area contributed by atoms with Crippen LogP contribution in [-0.4, -0.2) is 41.4 Å². The van der Waals surface area contributed by atoms with E-state index in [1.165, 1.54) is 5.56 Å². The summed E-state index contributed by atoms with van der Waals surface area (Å²) in [4.78, 5) is 2.28. The number of rotatable bonds is 8. The standard InChI is InChI=1S/C20H25N3O/c1-3-13-22(2)14-15-24-20-18-11-7-8-12-19(18)23(21-20)16-17-9-5-4-6-10-17/h4-12H,3,13-16H2,1-2H3. The van der Waals surface area contributed by atoms with E-state index >= 15 is 0 Å². The zero-order valence-corrected chi connectivity index (χ0v) is 14.5. The summed E-state index contributed by atoms with van der Waals surface area (Å²) in [6, 6.07) is 18.6. The van der Waals surface area contributed by atoms with E-state index in [0.29, 0.717) is 6.61 Å². The fourth-order valence-electron chi connectivity index (χ4n) is 2.87. The van der Waals surface area contributed by atoms with Crippen molar-refractivity contribution in [3.63, 3.8) is 0 Å². The lowest BCUT2D eigenvalue weighted by molar-refractivity contribution is 0.232. The van der Waals surface area contributed by atoms with E-state index in [1.807, 2.05) is 22.9 Å². The summed E-state index contributed by atoms with van der Waals surface area (Å²) in [6.45, 7) is 5.60. The molecule has 1 aromatic heterocycles. The van der Waals surface area contributed by atoms with Crippen LogP contribution in [0, 0.1) is 0 Å². The minimum absolute atomic E-state index is 0.656. The van der Waals surface area contributed by atoms with E-state index in [4.69, 9.17) is 9.84 Å². The molecule has 0 spiro atoms. The Kier molecular flexibility index (Phi) is 5.49. The molecule has 1 heterocycles. The first-order chi connectivity index (χ1) is 11.8. The number of hydrogen-bond acceptors (Lipinski definition) is 3. The lowest BCUT2D eigenvalue weighted by Gasteiger charge is -2.14. The van der Waals surface area contributed by atoms with Gasteiger partial charge in [0, 0.05) is 6.54 Å². The van der Waals surface area contributed by atoms with Crippen molar-refractivity contribution in [3.8, 4) is 5.88 Å². The van der Waals surface area contributed by atoms with Crippen LogP contribution in [0.2, 0.25) is 0 Å². The SMILES string of the molecule is CCCN(C)CCOc1nn(Cc2ccccc2)c2ccccc12. The van der Waals surface area contributed by atoms with Crippen LogP contribution in [0.1, 0.15) is 18.9 Å². The number of ether oxygens (including phenoxy) is 1. The Morgan fingerprint density at radius 1 is 1.00 bits per heavy atom. The summed E-state index contributed by atoms with van der Waals surface area (Å²) < 4.78 is 8.00. The Balaban J connectivity index is 1.76. The second-order valence-electron chi connectivity index (χ2n) is 6.12. The molecule has 0 aliphatic heterocycles. The minimum Gasteiger partial charge on any atom is -0.475 e. The highest BCUT2D eigenvalue weighted by Crippen LogP contribution is 2.25. The fraction of sp³-hybridized carbons (Fsp3) is 0.350. The number of aromatic nitrogens is 2. The van der Waals surface area contributed by atoms with Crippen molar-refractivity contribution in [1.29, 1.82) is 0 Å². The van der Waals surface area contributed by atoms with Crippen molar-refractivity contribution in [2.45, 2.75) is 19.9 Å². The van der Waals surface area contributed by atoms with Crippen LogP contribution in [0.5, 0.6) is 5.88 Å². The van der Waals surface area contributed by atoms with Crippen molar-refractivity contribution in [2.24, 2.45) is 0 Å². The molecule has 2 aromatic carbocycles. The normalized spacial score (nSPS) is 11.3. The number of likely N-dealkylation sites (N-methyl/N-ethyl adjacent to an activating group) is 1. The third-order valence-electron chi connectivity index (χ3n) is 4.12. The molecular formula is C20H25N3O. The Hall–Kier alpha value is -2.33. The molecule has 0 N–H and O–H groups in total. The predicted octanol–water partition coefficient (Wildman–Crippen LogP) is 3.81. The van der Waals surface area contributed by atoms with Crippen molar-refractivity contribution in [2.75, 3.05) is 26.7 Å². The van der Waals surface area contributed by atoms with Crippen molar-refractivity contribution in [1.82, 2.24) is 14.7 Å². The van der Waals surface area contributed by atoms with E-state index in [-0.39, 0.29) is 0 Å².